The summed E-state index contributed by atoms with van der Waals surface area (Å²) < 4.78 is 34.4. The topological polar surface area (TPSA) is 79.2 Å². The maximum Gasteiger partial charge on any atom is 0.203 e. The van der Waals surface area contributed by atoms with Crippen LogP contribution in [-0.4, -0.2) is 48.3 Å². The molecule has 1 fully saturated rings. The van der Waals surface area contributed by atoms with Crippen molar-refractivity contribution in [3.63, 3.8) is 0 Å². The zero-order valence-electron chi connectivity index (χ0n) is 20.3. The lowest BCUT2D eigenvalue weighted by atomic mass is 9.70. The molecule has 1 aliphatic rings. The molecule has 0 saturated heterocycles. The van der Waals surface area contributed by atoms with Gasteiger partial charge in [0.15, 0.2) is 23.0 Å². The summed E-state index contributed by atoms with van der Waals surface area (Å²) in [6, 6.07) is 10.1. The Labute approximate surface area is 196 Å². The number of rotatable bonds is 10. The van der Waals surface area contributed by atoms with Crippen molar-refractivity contribution in [3.8, 4) is 34.8 Å². The molecule has 2 atom stereocenters. The number of hydrogen-bond donors (Lipinski definition) is 0. The molecule has 1 aliphatic carbocycles. The second-order valence-corrected chi connectivity index (χ2v) is 8.02. The van der Waals surface area contributed by atoms with Gasteiger partial charge in [0, 0.05) is 12.5 Å². The van der Waals surface area contributed by atoms with Crippen molar-refractivity contribution in [2.75, 3.05) is 42.2 Å². The van der Waals surface area contributed by atoms with Crippen molar-refractivity contribution in [3.05, 3.63) is 41.0 Å². The lowest BCUT2D eigenvalue weighted by Crippen LogP contribution is -2.37. The van der Waals surface area contributed by atoms with Crippen molar-refractivity contribution in [1.29, 1.82) is 5.26 Å². The summed E-state index contributed by atoms with van der Waals surface area (Å²) >= 11 is 0. The normalized spacial score (nSPS) is 19.6. The van der Waals surface area contributed by atoms with Gasteiger partial charge in [0.05, 0.1) is 46.7 Å². The van der Waals surface area contributed by atoms with E-state index in [1.807, 2.05) is 31.2 Å². The Bertz CT molecular complexity index is 990. The Balaban J connectivity index is 2.31. The van der Waals surface area contributed by atoms with Gasteiger partial charge >= 0.3 is 0 Å². The molecule has 0 N–H and O–H groups in total. The van der Waals surface area contributed by atoms with Gasteiger partial charge in [-0.15, -0.1) is 0 Å². The van der Waals surface area contributed by atoms with Gasteiger partial charge in [-0.1, -0.05) is 6.92 Å². The van der Waals surface area contributed by atoms with Crippen LogP contribution in [0.1, 0.15) is 49.3 Å². The van der Waals surface area contributed by atoms with E-state index in [9.17, 15) is 5.26 Å². The largest absolute Gasteiger partial charge is 0.493 e. The molecule has 1 saturated carbocycles. The van der Waals surface area contributed by atoms with E-state index in [1.54, 1.807) is 35.5 Å². The number of nitrogens with zero attached hydrogens (tertiary/aromatic N) is 1. The fourth-order valence-electron chi connectivity index (χ4n) is 4.91. The fraction of sp³-hybridized carbons (Fsp3) is 0.500. The van der Waals surface area contributed by atoms with Gasteiger partial charge < -0.3 is 28.4 Å². The molecule has 0 heterocycles. The molecule has 0 aliphatic heterocycles. The van der Waals surface area contributed by atoms with Crippen LogP contribution in [0.3, 0.4) is 0 Å². The first-order chi connectivity index (χ1) is 16.0. The molecule has 0 radical (unpaired) electrons. The summed E-state index contributed by atoms with van der Waals surface area (Å²) in [5.41, 5.74) is 1.79. The van der Waals surface area contributed by atoms with Crippen LogP contribution in [0.15, 0.2) is 24.3 Å². The van der Waals surface area contributed by atoms with E-state index in [0.29, 0.717) is 40.9 Å². The summed E-state index contributed by atoms with van der Waals surface area (Å²) in [5.74, 6) is 2.68. The van der Waals surface area contributed by atoms with Crippen LogP contribution in [0.25, 0.3) is 0 Å². The maximum atomic E-state index is 9.94. The first kappa shape index (κ1) is 24.5. The van der Waals surface area contributed by atoms with Crippen LogP contribution in [0.4, 0.5) is 0 Å². The van der Waals surface area contributed by atoms with Gasteiger partial charge in [0.25, 0.3) is 0 Å². The third-order valence-corrected chi connectivity index (χ3v) is 6.41. The number of hydrogen-bond acceptors (Lipinski definition) is 7. The Hall–Kier alpha value is -3.11. The highest BCUT2D eigenvalue weighted by Gasteiger charge is 2.47. The summed E-state index contributed by atoms with van der Waals surface area (Å²) in [7, 11) is 8.11. The SMILES string of the molecule is CCCOc1c(C#N)cc([C@]2(c3cc(OC)c(OC)c(OC)c3)CCC[C@@H]2OC)cc1OC. The molecule has 3 rings (SSSR count). The number of nitriles is 1. The van der Waals surface area contributed by atoms with Crippen LogP contribution in [0.2, 0.25) is 0 Å². The minimum atomic E-state index is -0.538. The van der Waals surface area contributed by atoms with Crippen molar-refractivity contribution < 1.29 is 28.4 Å². The van der Waals surface area contributed by atoms with Crippen molar-refractivity contribution in [2.24, 2.45) is 0 Å². The summed E-state index contributed by atoms with van der Waals surface area (Å²) in [6.07, 6.45) is 3.39. The predicted molar refractivity (Wildman–Crippen MR) is 125 cm³/mol. The zero-order chi connectivity index (χ0) is 24.0. The summed E-state index contributed by atoms with van der Waals surface area (Å²) in [6.45, 7) is 2.52. The van der Waals surface area contributed by atoms with Gasteiger partial charge in [0.2, 0.25) is 5.75 Å². The minimum Gasteiger partial charge on any atom is -0.493 e. The van der Waals surface area contributed by atoms with Gasteiger partial charge in [-0.05, 0) is 61.1 Å². The van der Waals surface area contributed by atoms with E-state index in [2.05, 4.69) is 6.07 Å². The van der Waals surface area contributed by atoms with Crippen LogP contribution in [0.5, 0.6) is 28.7 Å². The van der Waals surface area contributed by atoms with Gasteiger partial charge in [0.1, 0.15) is 6.07 Å². The second-order valence-electron chi connectivity index (χ2n) is 8.02. The van der Waals surface area contributed by atoms with Crippen molar-refractivity contribution in [1.82, 2.24) is 0 Å². The molecular formula is C26H33NO6. The van der Waals surface area contributed by atoms with E-state index in [-0.39, 0.29) is 6.10 Å². The average Bonchev–Trinajstić information content (AvgIpc) is 3.30. The number of ether oxygens (including phenoxy) is 6. The predicted octanol–water partition coefficient (Wildman–Crippen LogP) is 4.87. The minimum absolute atomic E-state index is 0.112. The smallest absolute Gasteiger partial charge is 0.203 e. The highest BCUT2D eigenvalue weighted by molar-refractivity contribution is 5.61. The number of benzene rings is 2. The van der Waals surface area contributed by atoms with E-state index in [1.165, 1.54) is 0 Å². The lowest BCUT2D eigenvalue weighted by molar-refractivity contribution is 0.0668. The van der Waals surface area contributed by atoms with E-state index >= 15 is 0 Å². The molecule has 33 heavy (non-hydrogen) atoms. The van der Waals surface area contributed by atoms with E-state index in [0.717, 1.165) is 36.8 Å². The van der Waals surface area contributed by atoms with Crippen LogP contribution < -0.4 is 23.7 Å². The molecule has 7 heteroatoms. The maximum absolute atomic E-state index is 9.94. The van der Waals surface area contributed by atoms with Gasteiger partial charge in [-0.3, -0.25) is 0 Å². The Morgan fingerprint density at radius 2 is 1.45 bits per heavy atom. The van der Waals surface area contributed by atoms with E-state index < -0.39 is 5.41 Å². The highest BCUT2D eigenvalue weighted by atomic mass is 16.5. The zero-order valence-corrected chi connectivity index (χ0v) is 20.3. The molecule has 0 amide bonds. The van der Waals surface area contributed by atoms with Crippen LogP contribution in [0, 0.1) is 11.3 Å². The molecule has 0 aromatic heterocycles. The molecule has 0 bridgehead atoms. The molecule has 2 aromatic rings. The standard InChI is InChI=1S/C26H33NO6/c1-7-11-33-24-17(16-27)12-18(13-20(24)28-2)26(10-8-9-23(26)31-5)19-14-21(29-3)25(32-6)22(15-19)30-4/h12-15,23H,7-11H2,1-6H3/t23-,26-/m0/s1. The lowest BCUT2D eigenvalue weighted by Gasteiger charge is -2.37. The molecule has 7 nitrogen and oxygen atoms in total. The molecule has 2 aromatic carbocycles. The van der Waals surface area contributed by atoms with Crippen molar-refractivity contribution in [2.45, 2.75) is 44.1 Å². The van der Waals surface area contributed by atoms with E-state index in [4.69, 9.17) is 28.4 Å². The Morgan fingerprint density at radius 3 is 1.94 bits per heavy atom. The summed E-state index contributed by atoms with van der Waals surface area (Å²) in [5, 5.41) is 9.94. The summed E-state index contributed by atoms with van der Waals surface area (Å²) in [4.78, 5) is 0. The third-order valence-electron chi connectivity index (χ3n) is 6.41. The third kappa shape index (κ3) is 4.28. The molecular weight excluding hydrogens is 422 g/mol. The Morgan fingerprint density at radius 1 is 0.879 bits per heavy atom. The van der Waals surface area contributed by atoms with Crippen LogP contribution >= 0.6 is 0 Å². The first-order valence-electron chi connectivity index (χ1n) is 11.1. The quantitative estimate of drug-likeness (QED) is 0.506. The molecule has 178 valence electrons. The Kier molecular flexibility index (Phi) is 7.93. The molecule has 0 spiro atoms. The monoisotopic (exact) mass is 455 g/mol. The average molecular weight is 456 g/mol. The van der Waals surface area contributed by atoms with Gasteiger partial charge in [-0.25, -0.2) is 0 Å². The first-order valence-corrected chi connectivity index (χ1v) is 11.1. The van der Waals surface area contributed by atoms with Gasteiger partial charge in [-0.2, -0.15) is 5.26 Å². The van der Waals surface area contributed by atoms with Crippen molar-refractivity contribution >= 4 is 0 Å². The second kappa shape index (κ2) is 10.7. The highest BCUT2D eigenvalue weighted by Crippen LogP contribution is 2.53. The van der Waals surface area contributed by atoms with Crippen LogP contribution in [-0.2, 0) is 10.2 Å². The molecule has 0 unspecified atom stereocenters. The number of methoxy groups -OCH3 is 5. The fourth-order valence-corrected chi connectivity index (χ4v) is 4.91.